The van der Waals surface area contributed by atoms with Crippen LogP contribution in [0.4, 0.5) is 0 Å². The SMILES string of the molecule is CC(O)CN/N=C(/Br)C(=O)O. The molecule has 0 aromatic rings. The standard InChI is InChI=1S/C5H9BrN2O3/c1-3(9)2-7-8-4(6)5(10)11/h3,7,9H,2H2,1H3,(H,10,11)/b8-4+. The Morgan fingerprint density at radius 3 is 2.73 bits per heavy atom. The number of rotatable bonds is 4. The summed E-state index contributed by atoms with van der Waals surface area (Å²) >= 11 is 2.70. The number of carbonyl (C=O) groups is 1. The highest BCUT2D eigenvalue weighted by Gasteiger charge is 2.02. The fourth-order valence-electron chi connectivity index (χ4n) is 0.295. The second-order valence-electron chi connectivity index (χ2n) is 1.92. The molecule has 0 aliphatic carbocycles. The van der Waals surface area contributed by atoms with E-state index in [1.54, 1.807) is 6.92 Å². The highest BCUT2D eigenvalue weighted by Crippen LogP contribution is 1.87. The van der Waals surface area contributed by atoms with Gasteiger partial charge in [-0.2, -0.15) is 5.10 Å². The van der Waals surface area contributed by atoms with Crippen molar-refractivity contribution in [3.05, 3.63) is 0 Å². The molecule has 0 aliphatic rings. The van der Waals surface area contributed by atoms with Crippen molar-refractivity contribution in [2.75, 3.05) is 6.54 Å². The number of halogens is 1. The lowest BCUT2D eigenvalue weighted by Gasteiger charge is -2.01. The lowest BCUT2D eigenvalue weighted by atomic mass is 10.4. The first kappa shape index (κ1) is 10.4. The first-order chi connectivity index (χ1) is 5.04. The molecular weight excluding hydrogens is 216 g/mol. The van der Waals surface area contributed by atoms with Crippen molar-refractivity contribution in [2.45, 2.75) is 13.0 Å². The first-order valence-electron chi connectivity index (χ1n) is 2.91. The predicted octanol–water partition coefficient (Wildman–Crippen LogP) is -0.250. The van der Waals surface area contributed by atoms with E-state index in [9.17, 15) is 4.79 Å². The minimum Gasteiger partial charge on any atom is -0.476 e. The van der Waals surface area contributed by atoms with Gasteiger partial charge < -0.3 is 15.6 Å². The molecule has 0 spiro atoms. The summed E-state index contributed by atoms with van der Waals surface area (Å²) in [6, 6.07) is 0. The second kappa shape index (κ2) is 5.09. The van der Waals surface area contributed by atoms with Crippen LogP contribution in [0.15, 0.2) is 5.10 Å². The molecule has 0 rings (SSSR count). The lowest BCUT2D eigenvalue weighted by molar-refractivity contribution is -0.129. The number of hydrogen-bond donors (Lipinski definition) is 3. The van der Waals surface area contributed by atoms with E-state index in [1.807, 2.05) is 0 Å². The second-order valence-corrected chi connectivity index (χ2v) is 2.67. The van der Waals surface area contributed by atoms with Gasteiger partial charge in [-0.05, 0) is 22.9 Å². The molecule has 0 bridgehead atoms. The van der Waals surface area contributed by atoms with Crippen LogP contribution in [0, 0.1) is 0 Å². The molecular formula is C5H9BrN2O3. The summed E-state index contributed by atoms with van der Waals surface area (Å²) < 4.78 is -0.210. The minimum atomic E-state index is -1.15. The van der Waals surface area contributed by atoms with Crippen LogP contribution < -0.4 is 5.43 Å². The number of carboxylic acid groups (broad SMARTS) is 1. The Morgan fingerprint density at radius 2 is 2.36 bits per heavy atom. The van der Waals surface area contributed by atoms with E-state index in [0.29, 0.717) is 0 Å². The van der Waals surface area contributed by atoms with Gasteiger partial charge in [0.1, 0.15) is 0 Å². The molecule has 0 aromatic heterocycles. The summed E-state index contributed by atoms with van der Waals surface area (Å²) in [6.07, 6.45) is -0.548. The van der Waals surface area contributed by atoms with Crippen molar-refractivity contribution in [3.8, 4) is 0 Å². The molecule has 0 saturated heterocycles. The zero-order chi connectivity index (χ0) is 8.85. The summed E-state index contributed by atoms with van der Waals surface area (Å²) in [7, 11) is 0. The smallest absolute Gasteiger partial charge is 0.363 e. The number of hydrogen-bond acceptors (Lipinski definition) is 4. The number of aliphatic hydroxyl groups excluding tert-OH is 1. The van der Waals surface area contributed by atoms with Gasteiger partial charge in [0.2, 0.25) is 4.62 Å². The fourth-order valence-corrected chi connectivity index (χ4v) is 0.420. The average Bonchev–Trinajstić information content (AvgIpc) is 1.86. The Bertz CT molecular complexity index is 169. The molecule has 3 N–H and O–H groups in total. The molecule has 0 radical (unpaired) electrons. The van der Waals surface area contributed by atoms with Crippen LogP contribution in [0.3, 0.4) is 0 Å². The van der Waals surface area contributed by atoms with Crippen LogP contribution in [-0.2, 0) is 4.79 Å². The Kier molecular flexibility index (Phi) is 4.80. The quantitative estimate of drug-likeness (QED) is 0.455. The van der Waals surface area contributed by atoms with Crippen LogP contribution in [-0.4, -0.2) is 33.5 Å². The van der Waals surface area contributed by atoms with Crippen molar-refractivity contribution < 1.29 is 15.0 Å². The molecule has 1 unspecified atom stereocenters. The summed E-state index contributed by atoms with van der Waals surface area (Å²) in [5.74, 6) is -1.15. The zero-order valence-electron chi connectivity index (χ0n) is 5.91. The highest BCUT2D eigenvalue weighted by atomic mass is 79.9. The predicted molar refractivity (Wildman–Crippen MR) is 43.7 cm³/mol. The van der Waals surface area contributed by atoms with E-state index in [4.69, 9.17) is 10.2 Å². The Balaban J connectivity index is 3.65. The topological polar surface area (TPSA) is 81.9 Å². The van der Waals surface area contributed by atoms with Crippen molar-refractivity contribution in [3.63, 3.8) is 0 Å². The van der Waals surface area contributed by atoms with E-state index in [-0.39, 0.29) is 11.2 Å². The van der Waals surface area contributed by atoms with Crippen LogP contribution >= 0.6 is 15.9 Å². The molecule has 0 saturated carbocycles. The maximum atomic E-state index is 10.1. The maximum absolute atomic E-state index is 10.1. The third-order valence-corrected chi connectivity index (χ3v) is 1.26. The Morgan fingerprint density at radius 1 is 1.82 bits per heavy atom. The third-order valence-electron chi connectivity index (χ3n) is 0.740. The van der Waals surface area contributed by atoms with Crippen LogP contribution in [0.2, 0.25) is 0 Å². The Hall–Kier alpha value is -0.620. The fraction of sp³-hybridized carbons (Fsp3) is 0.600. The molecule has 6 heteroatoms. The van der Waals surface area contributed by atoms with Gasteiger partial charge in [-0.3, -0.25) is 0 Å². The molecule has 5 nitrogen and oxygen atoms in total. The van der Waals surface area contributed by atoms with E-state index in [1.165, 1.54) is 0 Å². The highest BCUT2D eigenvalue weighted by molar-refractivity contribution is 9.19. The molecule has 0 amide bonds. The van der Waals surface area contributed by atoms with Crippen LogP contribution in [0.5, 0.6) is 0 Å². The van der Waals surface area contributed by atoms with Crippen molar-refractivity contribution >= 4 is 26.5 Å². The van der Waals surface area contributed by atoms with Crippen LogP contribution in [0.25, 0.3) is 0 Å². The number of nitrogens with zero attached hydrogens (tertiary/aromatic N) is 1. The van der Waals surface area contributed by atoms with Gasteiger partial charge in [-0.15, -0.1) is 0 Å². The lowest BCUT2D eigenvalue weighted by Crippen LogP contribution is -2.21. The average molecular weight is 225 g/mol. The van der Waals surface area contributed by atoms with E-state index >= 15 is 0 Å². The summed E-state index contributed by atoms with van der Waals surface area (Å²) in [5, 5.41) is 20.4. The van der Waals surface area contributed by atoms with E-state index in [2.05, 4.69) is 26.5 Å². The van der Waals surface area contributed by atoms with Gasteiger partial charge in [0, 0.05) is 0 Å². The first-order valence-corrected chi connectivity index (χ1v) is 3.70. The van der Waals surface area contributed by atoms with Gasteiger partial charge in [-0.25, -0.2) is 4.79 Å². The normalized spacial score (nSPS) is 14.3. The van der Waals surface area contributed by atoms with Crippen molar-refractivity contribution in [1.82, 2.24) is 5.43 Å². The molecule has 11 heavy (non-hydrogen) atoms. The molecule has 0 fully saturated rings. The summed E-state index contributed by atoms with van der Waals surface area (Å²) in [4.78, 5) is 10.1. The Labute approximate surface area is 72.2 Å². The number of nitrogens with one attached hydrogen (secondary N) is 1. The summed E-state index contributed by atoms with van der Waals surface area (Å²) in [5.41, 5.74) is 2.38. The number of aliphatic hydroxyl groups is 1. The number of aliphatic carboxylic acids is 1. The molecule has 1 atom stereocenters. The number of hydrazone groups is 1. The van der Waals surface area contributed by atoms with E-state index < -0.39 is 12.1 Å². The maximum Gasteiger partial charge on any atom is 0.363 e. The zero-order valence-corrected chi connectivity index (χ0v) is 7.50. The molecule has 0 heterocycles. The van der Waals surface area contributed by atoms with E-state index in [0.717, 1.165) is 0 Å². The molecule has 0 aromatic carbocycles. The van der Waals surface area contributed by atoms with Gasteiger partial charge in [-0.1, -0.05) is 0 Å². The van der Waals surface area contributed by atoms with Gasteiger partial charge in [0.05, 0.1) is 12.6 Å². The van der Waals surface area contributed by atoms with Gasteiger partial charge in [0.25, 0.3) is 0 Å². The summed E-state index contributed by atoms with van der Waals surface area (Å²) in [6.45, 7) is 1.79. The molecule has 64 valence electrons. The number of carboxylic acids is 1. The third kappa shape index (κ3) is 5.81. The van der Waals surface area contributed by atoms with Crippen molar-refractivity contribution in [1.29, 1.82) is 0 Å². The molecule has 0 aliphatic heterocycles. The minimum absolute atomic E-state index is 0.210. The van der Waals surface area contributed by atoms with Crippen molar-refractivity contribution in [2.24, 2.45) is 5.10 Å². The van der Waals surface area contributed by atoms with Gasteiger partial charge >= 0.3 is 5.97 Å². The largest absolute Gasteiger partial charge is 0.476 e. The van der Waals surface area contributed by atoms with Crippen LogP contribution in [0.1, 0.15) is 6.92 Å². The monoisotopic (exact) mass is 224 g/mol. The van der Waals surface area contributed by atoms with Gasteiger partial charge in [0.15, 0.2) is 0 Å².